The molecule has 0 N–H and O–H groups in total. The van der Waals surface area contributed by atoms with E-state index < -0.39 is 23.0 Å². The lowest BCUT2D eigenvalue weighted by atomic mass is 10.2. The van der Waals surface area contributed by atoms with E-state index >= 15 is 0 Å². The van der Waals surface area contributed by atoms with Gasteiger partial charge in [0.2, 0.25) is 0 Å². The van der Waals surface area contributed by atoms with Crippen LogP contribution in [-0.4, -0.2) is 61.4 Å². The summed E-state index contributed by atoms with van der Waals surface area (Å²) in [6.45, 7) is 2.78. The van der Waals surface area contributed by atoms with E-state index in [2.05, 4.69) is 9.47 Å². The quantitative estimate of drug-likeness (QED) is 0.462. The predicted octanol–water partition coefficient (Wildman–Crippen LogP) is 2.00. The van der Waals surface area contributed by atoms with E-state index in [4.69, 9.17) is 4.74 Å². The van der Waals surface area contributed by atoms with Gasteiger partial charge in [0.1, 0.15) is 6.04 Å². The molecule has 0 spiro atoms. The number of hydrogen-bond acceptors (Lipinski definition) is 7. The van der Waals surface area contributed by atoms with Gasteiger partial charge in [0.15, 0.2) is 0 Å². The second-order valence-electron chi connectivity index (χ2n) is 5.07. The van der Waals surface area contributed by atoms with Gasteiger partial charge in [0, 0.05) is 25.2 Å². The molecule has 0 saturated carbocycles. The topological polar surface area (TPSA) is 108 Å². The van der Waals surface area contributed by atoms with Crippen LogP contribution in [0.25, 0.3) is 0 Å². The third-order valence-corrected chi connectivity index (χ3v) is 3.51. The summed E-state index contributed by atoms with van der Waals surface area (Å²) in [5, 5.41) is 10.0. The van der Waals surface area contributed by atoms with Crippen LogP contribution in [0.3, 0.4) is 0 Å². The summed E-state index contributed by atoms with van der Waals surface area (Å²) in [4.78, 5) is 33.8. The highest BCUT2D eigenvalue weighted by Gasteiger charge is 2.41. The van der Waals surface area contributed by atoms with E-state index in [1.54, 1.807) is 18.2 Å². The number of carbonyl (C=O) groups excluding carboxylic acids is 2. The minimum absolute atomic E-state index is 0.131. The smallest absolute Gasteiger partial charge is 0.410 e. The number of methoxy groups -OCH3 is 2. The normalized spacial score (nSPS) is 18.8. The molecule has 1 saturated heterocycles. The minimum Gasteiger partial charge on any atom is -0.467 e. The summed E-state index contributed by atoms with van der Waals surface area (Å²) in [6.07, 6.45) is -0.207. The molecule has 25 heavy (non-hydrogen) atoms. The predicted molar refractivity (Wildman–Crippen MR) is 88.0 cm³/mol. The first-order valence-electron chi connectivity index (χ1n) is 7.68. The zero-order valence-corrected chi connectivity index (χ0v) is 14.4. The van der Waals surface area contributed by atoms with Crippen molar-refractivity contribution < 1.29 is 28.7 Å². The van der Waals surface area contributed by atoms with Crippen LogP contribution in [0.2, 0.25) is 0 Å². The van der Waals surface area contributed by atoms with Gasteiger partial charge in [0.05, 0.1) is 31.8 Å². The molecule has 0 aliphatic carbocycles. The molecule has 9 nitrogen and oxygen atoms in total. The molecule has 2 unspecified atom stereocenters. The molecule has 9 heteroatoms. The molecule has 1 aliphatic rings. The highest BCUT2D eigenvalue weighted by molar-refractivity contribution is 5.82. The number of rotatable bonds is 4. The Morgan fingerprint density at radius 3 is 2.32 bits per heavy atom. The number of nitro groups is 1. The van der Waals surface area contributed by atoms with Crippen molar-refractivity contribution >= 4 is 17.7 Å². The van der Waals surface area contributed by atoms with Crippen LogP contribution in [-0.2, 0) is 19.0 Å². The number of ether oxygens (including phenoxy) is 3. The van der Waals surface area contributed by atoms with E-state index in [1.807, 2.05) is 6.92 Å². The first-order valence-corrected chi connectivity index (χ1v) is 7.68. The van der Waals surface area contributed by atoms with Gasteiger partial charge in [-0.3, -0.25) is 15.0 Å². The fraction of sp³-hybridized carbons (Fsp3) is 0.500. The Labute approximate surface area is 145 Å². The van der Waals surface area contributed by atoms with Gasteiger partial charge in [-0.05, 0) is 6.92 Å². The van der Waals surface area contributed by atoms with Gasteiger partial charge in [-0.1, -0.05) is 18.2 Å². The number of esters is 1. The average Bonchev–Trinajstić information content (AvgIpc) is 3.06. The van der Waals surface area contributed by atoms with Crippen LogP contribution < -0.4 is 0 Å². The second kappa shape index (κ2) is 10.2. The van der Waals surface area contributed by atoms with Crippen LogP contribution in [0.5, 0.6) is 0 Å². The zero-order valence-electron chi connectivity index (χ0n) is 14.4. The molecule has 0 radical (unpaired) electrons. The Morgan fingerprint density at radius 2 is 1.88 bits per heavy atom. The SMILES string of the molecule is CCOC1CC(C(=O)OC)N(C(=O)OC)C1.O=[N+]([O-])c1ccccc1. The Hall–Kier alpha value is -2.68. The van der Waals surface area contributed by atoms with E-state index in [0.29, 0.717) is 19.6 Å². The first kappa shape index (κ1) is 20.4. The van der Waals surface area contributed by atoms with Crippen molar-refractivity contribution in [3.05, 3.63) is 40.4 Å². The summed E-state index contributed by atoms with van der Waals surface area (Å²) in [7, 11) is 2.58. The number of nitrogens with zero attached hydrogens (tertiary/aromatic N) is 2. The van der Waals surface area contributed by atoms with Crippen LogP contribution in [0.1, 0.15) is 13.3 Å². The van der Waals surface area contributed by atoms with E-state index in [0.717, 1.165) is 0 Å². The molecule has 1 fully saturated rings. The van der Waals surface area contributed by atoms with Gasteiger partial charge >= 0.3 is 12.1 Å². The third kappa shape index (κ3) is 6.03. The molecule has 1 heterocycles. The molecule has 1 aromatic carbocycles. The van der Waals surface area contributed by atoms with Crippen molar-refractivity contribution in [2.24, 2.45) is 0 Å². The average molecular weight is 354 g/mol. The number of nitro benzene ring substituents is 1. The van der Waals surface area contributed by atoms with Crippen molar-refractivity contribution in [1.29, 1.82) is 0 Å². The largest absolute Gasteiger partial charge is 0.467 e. The van der Waals surface area contributed by atoms with E-state index in [9.17, 15) is 19.7 Å². The lowest BCUT2D eigenvalue weighted by Gasteiger charge is -2.20. The number of hydrogen-bond donors (Lipinski definition) is 0. The number of carbonyl (C=O) groups is 2. The van der Waals surface area contributed by atoms with Crippen LogP contribution in [0.4, 0.5) is 10.5 Å². The van der Waals surface area contributed by atoms with Crippen molar-refractivity contribution in [3.8, 4) is 0 Å². The second-order valence-corrected chi connectivity index (χ2v) is 5.07. The highest BCUT2D eigenvalue weighted by Crippen LogP contribution is 2.22. The molecule has 1 aliphatic heterocycles. The molecule has 2 rings (SSSR count). The Bertz CT molecular complexity index is 555. The molecule has 1 aromatic rings. The number of benzene rings is 1. The lowest BCUT2D eigenvalue weighted by molar-refractivity contribution is -0.384. The maximum absolute atomic E-state index is 11.5. The van der Waals surface area contributed by atoms with E-state index in [-0.39, 0.29) is 11.8 Å². The summed E-state index contributed by atoms with van der Waals surface area (Å²) in [5.41, 5.74) is 0.137. The summed E-state index contributed by atoms with van der Waals surface area (Å²) >= 11 is 0. The first-order chi connectivity index (χ1) is 11.9. The van der Waals surface area contributed by atoms with Gasteiger partial charge in [-0.25, -0.2) is 9.59 Å². The summed E-state index contributed by atoms with van der Waals surface area (Å²) in [6, 6.07) is 7.33. The molecule has 0 bridgehead atoms. The van der Waals surface area contributed by atoms with Gasteiger partial charge < -0.3 is 14.2 Å². The zero-order chi connectivity index (χ0) is 18.8. The van der Waals surface area contributed by atoms with Crippen molar-refractivity contribution in [2.75, 3.05) is 27.4 Å². The molecule has 138 valence electrons. The molecular formula is C16H22N2O7. The summed E-state index contributed by atoms with van der Waals surface area (Å²) in [5.74, 6) is -0.437. The molecule has 1 amide bonds. The monoisotopic (exact) mass is 354 g/mol. The summed E-state index contributed by atoms with van der Waals surface area (Å²) < 4.78 is 14.6. The Morgan fingerprint density at radius 1 is 1.24 bits per heavy atom. The van der Waals surface area contributed by atoms with Gasteiger partial charge in [-0.2, -0.15) is 0 Å². The Kier molecular flexibility index (Phi) is 8.34. The van der Waals surface area contributed by atoms with Gasteiger partial charge in [-0.15, -0.1) is 0 Å². The third-order valence-electron chi connectivity index (χ3n) is 3.51. The highest BCUT2D eigenvalue weighted by atomic mass is 16.6. The number of non-ortho nitro benzene ring substituents is 1. The lowest BCUT2D eigenvalue weighted by Crippen LogP contribution is -2.41. The van der Waals surface area contributed by atoms with Crippen LogP contribution in [0.15, 0.2) is 30.3 Å². The number of likely N-dealkylation sites (tertiary alicyclic amines) is 1. The number of para-hydroxylation sites is 1. The molecule has 0 aromatic heterocycles. The van der Waals surface area contributed by atoms with Crippen LogP contribution >= 0.6 is 0 Å². The fourth-order valence-corrected chi connectivity index (χ4v) is 2.38. The Balaban J connectivity index is 0.000000293. The molecular weight excluding hydrogens is 332 g/mol. The minimum atomic E-state index is -0.603. The van der Waals surface area contributed by atoms with Crippen LogP contribution in [0, 0.1) is 10.1 Å². The number of amides is 1. The van der Waals surface area contributed by atoms with E-state index in [1.165, 1.54) is 31.3 Å². The maximum atomic E-state index is 11.5. The standard InChI is InChI=1S/C10H17NO5.C6H5NO2/c1-4-16-7-5-8(9(12)14-2)11(6-7)10(13)15-3;8-7(9)6-4-2-1-3-5-6/h7-8H,4-6H2,1-3H3;1-5H. The molecule has 2 atom stereocenters. The van der Waals surface area contributed by atoms with Crippen molar-refractivity contribution in [3.63, 3.8) is 0 Å². The van der Waals surface area contributed by atoms with Crippen molar-refractivity contribution in [1.82, 2.24) is 4.90 Å². The maximum Gasteiger partial charge on any atom is 0.410 e. The fourth-order valence-electron chi connectivity index (χ4n) is 2.38. The van der Waals surface area contributed by atoms with Gasteiger partial charge in [0.25, 0.3) is 5.69 Å². The van der Waals surface area contributed by atoms with Crippen molar-refractivity contribution in [2.45, 2.75) is 25.5 Å².